The Morgan fingerprint density at radius 2 is 1.18 bits per heavy atom. The molecule has 0 aromatic heterocycles. The summed E-state index contributed by atoms with van der Waals surface area (Å²) in [5, 5.41) is 0. The lowest BCUT2D eigenvalue weighted by atomic mass is 9.91. The minimum absolute atomic E-state index is 0.963. The zero-order valence-corrected chi connectivity index (χ0v) is 38.3. The molecule has 1 heteroatoms. The highest BCUT2D eigenvalue weighted by atomic mass is 15.1. The number of hydrogen-bond donors (Lipinski definition) is 0. The van der Waals surface area contributed by atoms with E-state index in [1.807, 2.05) is 80.5 Å². The van der Waals surface area contributed by atoms with Crippen LogP contribution in [0, 0.1) is 33.6 Å². The van der Waals surface area contributed by atoms with E-state index in [1.54, 1.807) is 6.08 Å². The number of allylic oxidation sites excluding steroid dienone is 9. The van der Waals surface area contributed by atoms with E-state index in [9.17, 15) is 0 Å². The second kappa shape index (κ2) is 50.6. The van der Waals surface area contributed by atoms with Gasteiger partial charge in [-0.15, -0.1) is 0 Å². The zero-order chi connectivity index (χ0) is 41.1. The van der Waals surface area contributed by atoms with Gasteiger partial charge in [0.05, 0.1) is 0 Å². The van der Waals surface area contributed by atoms with Gasteiger partial charge >= 0.3 is 0 Å². The van der Waals surface area contributed by atoms with Gasteiger partial charge < -0.3 is 4.90 Å². The van der Waals surface area contributed by atoms with Gasteiger partial charge in [0, 0.05) is 12.2 Å². The van der Waals surface area contributed by atoms with E-state index < -0.39 is 0 Å². The first kappa shape index (κ1) is 62.3. The average molecular weight is 696 g/mol. The Kier molecular flexibility index (Phi) is 63.1. The summed E-state index contributed by atoms with van der Waals surface area (Å²) >= 11 is 0. The van der Waals surface area contributed by atoms with Crippen LogP contribution >= 0.6 is 0 Å². The van der Waals surface area contributed by atoms with Crippen LogP contribution in [-0.2, 0) is 0 Å². The maximum absolute atomic E-state index is 4.02. The van der Waals surface area contributed by atoms with Crippen molar-refractivity contribution in [1.29, 1.82) is 0 Å². The Morgan fingerprint density at radius 3 is 1.46 bits per heavy atom. The zero-order valence-electron chi connectivity index (χ0n) is 38.3. The van der Waals surface area contributed by atoms with Crippen molar-refractivity contribution in [1.82, 2.24) is 4.90 Å². The highest BCUT2D eigenvalue weighted by molar-refractivity contribution is 5.69. The van der Waals surface area contributed by atoms with Crippen LogP contribution in [0.1, 0.15) is 184 Å². The molecule has 0 aliphatic rings. The smallest absolute Gasteiger partial charge is 0.0362 e. The summed E-state index contributed by atoms with van der Waals surface area (Å²) in [7, 11) is 0. The summed E-state index contributed by atoms with van der Waals surface area (Å²) in [6, 6.07) is 2.24. The van der Waals surface area contributed by atoms with Gasteiger partial charge in [-0.2, -0.15) is 0 Å². The maximum atomic E-state index is 4.02. The lowest BCUT2D eigenvalue weighted by Crippen LogP contribution is -2.16. The number of nitrogens with zero attached hydrogens (tertiary/aromatic N) is 1. The van der Waals surface area contributed by atoms with Crippen LogP contribution in [0.4, 0.5) is 0 Å². The third-order valence-corrected chi connectivity index (χ3v) is 6.62. The molecule has 0 unspecified atom stereocenters. The quantitative estimate of drug-likeness (QED) is 0.197. The third-order valence-electron chi connectivity index (χ3n) is 6.62. The average Bonchev–Trinajstić information content (AvgIpc) is 3.08. The van der Waals surface area contributed by atoms with E-state index >= 15 is 0 Å². The van der Waals surface area contributed by atoms with Crippen molar-refractivity contribution < 1.29 is 0 Å². The minimum Gasteiger partial charge on any atom is -0.349 e. The molecule has 294 valence electrons. The molecule has 0 amide bonds. The van der Waals surface area contributed by atoms with Crippen molar-refractivity contribution in [2.24, 2.45) is 5.92 Å². The normalized spacial score (nSPS) is 9.76. The Morgan fingerprint density at radius 1 is 0.720 bits per heavy atom. The standard InChI is InChI=1S/C13H21N.C13H18.C8H18.C6H10.C3H8.3C2H6/c1-5-9-10-13(8-4)14(11-6-2)12-7-3;1-8(2)13-10(4)7-9(3)11(5)12(13)6;1-4-6-8(3)7-5-2;1-4-5-6(2)3;1-3-2;3*1-2/h5-6,8-11H,1,7,12H2,2-4H3;7H,1H2,2-6H3;8H,4-7H2,1-3H3;4-5H,2H2,1,3H3;3H2,1-2H3;3*1-2H3/b10-9-,11-6-,13-8+;;;5-4-;;;;. The molecule has 0 heterocycles. The molecule has 0 spiro atoms. The molecule has 0 saturated carbocycles. The summed E-state index contributed by atoms with van der Waals surface area (Å²) in [5.74, 6) is 0.963. The summed E-state index contributed by atoms with van der Waals surface area (Å²) in [6.45, 7) is 56.5. The molecule has 1 aromatic rings. The first-order chi connectivity index (χ1) is 23.7. The van der Waals surface area contributed by atoms with Crippen LogP contribution in [-0.4, -0.2) is 11.4 Å². The fraction of sp³-hybridized carbons (Fsp3) is 0.592. The van der Waals surface area contributed by atoms with Gasteiger partial charge in [-0.25, -0.2) is 0 Å². The van der Waals surface area contributed by atoms with Crippen LogP contribution < -0.4 is 0 Å². The monoisotopic (exact) mass is 696 g/mol. The van der Waals surface area contributed by atoms with Crippen molar-refractivity contribution in [3.05, 3.63) is 114 Å². The molecule has 0 N–H and O–H groups in total. The van der Waals surface area contributed by atoms with E-state index in [4.69, 9.17) is 0 Å². The number of benzene rings is 1. The second-order valence-electron chi connectivity index (χ2n) is 11.6. The molecular weight excluding hydrogens is 603 g/mol. The lowest BCUT2D eigenvalue weighted by molar-refractivity contribution is 0.474. The van der Waals surface area contributed by atoms with Crippen LogP contribution in [0.2, 0.25) is 0 Å². The molecule has 0 atom stereocenters. The molecule has 50 heavy (non-hydrogen) atoms. The summed E-state index contributed by atoms with van der Waals surface area (Å²) in [6.07, 6.45) is 24.0. The Bertz CT molecular complexity index is 990. The van der Waals surface area contributed by atoms with Crippen LogP contribution in [0.25, 0.3) is 5.57 Å². The Labute approximate surface area is 319 Å². The largest absolute Gasteiger partial charge is 0.349 e. The van der Waals surface area contributed by atoms with E-state index in [2.05, 4.69) is 138 Å². The predicted molar refractivity (Wildman–Crippen MR) is 244 cm³/mol. The van der Waals surface area contributed by atoms with Gasteiger partial charge in [-0.1, -0.05) is 189 Å². The second-order valence-corrected chi connectivity index (χ2v) is 11.6. The van der Waals surface area contributed by atoms with Crippen LogP contribution in [0.15, 0.2) is 85.8 Å². The van der Waals surface area contributed by atoms with Crippen molar-refractivity contribution in [3.8, 4) is 0 Å². The Balaban J connectivity index is -0.0000000944. The molecule has 0 saturated heterocycles. The maximum Gasteiger partial charge on any atom is 0.0362 e. The molecule has 0 fully saturated rings. The van der Waals surface area contributed by atoms with Gasteiger partial charge in [-0.05, 0) is 115 Å². The summed E-state index contributed by atoms with van der Waals surface area (Å²) in [4.78, 5) is 2.24. The van der Waals surface area contributed by atoms with Gasteiger partial charge in [0.1, 0.15) is 0 Å². The summed E-state index contributed by atoms with van der Waals surface area (Å²) < 4.78 is 0. The van der Waals surface area contributed by atoms with Crippen molar-refractivity contribution in [2.45, 2.75) is 184 Å². The number of aryl methyl sites for hydroxylation is 2. The van der Waals surface area contributed by atoms with E-state index in [1.165, 1.54) is 65.6 Å². The highest BCUT2D eigenvalue weighted by Gasteiger charge is 2.07. The number of hydrogen-bond acceptors (Lipinski definition) is 1. The van der Waals surface area contributed by atoms with Crippen LogP contribution in [0.5, 0.6) is 0 Å². The Hall–Kier alpha value is -2.80. The van der Waals surface area contributed by atoms with Gasteiger partial charge in [-0.3, -0.25) is 0 Å². The molecular formula is C49H93N. The first-order valence-electron chi connectivity index (χ1n) is 20.1. The molecule has 1 nitrogen and oxygen atoms in total. The fourth-order valence-electron chi connectivity index (χ4n) is 4.59. The molecule has 0 radical (unpaired) electrons. The SMILES string of the molecule is C=C(C)/C=C\C.C=C(C)c1c(C)cc(C)c(C)c1C.C=C/C=C\C(=C/C)N(/C=C\C)CCC.CC.CC.CC.CCC.CCCC(C)CCC. The van der Waals surface area contributed by atoms with Gasteiger partial charge in [0.2, 0.25) is 0 Å². The van der Waals surface area contributed by atoms with Crippen LogP contribution in [0.3, 0.4) is 0 Å². The van der Waals surface area contributed by atoms with Crippen molar-refractivity contribution >= 4 is 5.57 Å². The molecule has 1 rings (SSSR count). The molecule has 1 aromatic carbocycles. The van der Waals surface area contributed by atoms with E-state index in [0.29, 0.717) is 0 Å². The number of rotatable bonds is 12. The minimum atomic E-state index is 0.963. The van der Waals surface area contributed by atoms with E-state index in [-0.39, 0.29) is 0 Å². The predicted octanol–water partition coefficient (Wildman–Crippen LogP) is 17.7. The fourth-order valence-corrected chi connectivity index (χ4v) is 4.59. The molecule has 0 bridgehead atoms. The highest BCUT2D eigenvalue weighted by Crippen LogP contribution is 2.26. The molecule has 0 aliphatic heterocycles. The van der Waals surface area contributed by atoms with Gasteiger partial charge in [0.25, 0.3) is 0 Å². The first-order valence-corrected chi connectivity index (χ1v) is 20.1. The van der Waals surface area contributed by atoms with Crippen molar-refractivity contribution in [3.63, 3.8) is 0 Å². The van der Waals surface area contributed by atoms with Crippen molar-refractivity contribution in [2.75, 3.05) is 6.54 Å². The van der Waals surface area contributed by atoms with E-state index in [0.717, 1.165) is 30.0 Å². The topological polar surface area (TPSA) is 3.24 Å². The lowest BCUT2D eigenvalue weighted by Gasteiger charge is -2.20. The summed E-state index contributed by atoms with van der Waals surface area (Å²) in [5.41, 5.74) is 10.3. The van der Waals surface area contributed by atoms with Gasteiger partial charge in [0.15, 0.2) is 0 Å². The molecule has 0 aliphatic carbocycles. The third kappa shape index (κ3) is 41.4.